The van der Waals surface area contributed by atoms with Gasteiger partial charge in [-0.05, 0) is 11.6 Å². The van der Waals surface area contributed by atoms with Crippen LogP contribution in [0.4, 0.5) is 5.95 Å². The molecule has 104 valence electrons. The fraction of sp³-hybridized carbons (Fsp3) is 0.308. The monoisotopic (exact) mass is 291 g/mol. The van der Waals surface area contributed by atoms with Crippen molar-refractivity contribution >= 4 is 17.5 Å². The molecule has 0 bridgehead atoms. The standard InChI is InChI=1S/C13H14ClN5O/c14-11-2-1-8(5-16-11)6-19-4-3-10-9(7-19)12(20)18-13(15)17-10/h1-2,5H,3-4,6-7H2,(H3,15,17,18,20). The molecule has 0 spiro atoms. The first-order valence-electron chi connectivity index (χ1n) is 6.32. The molecule has 0 aliphatic carbocycles. The maximum atomic E-state index is 11.9. The Bertz CT molecular complexity index is 682. The third kappa shape index (κ3) is 2.66. The van der Waals surface area contributed by atoms with Gasteiger partial charge >= 0.3 is 0 Å². The summed E-state index contributed by atoms with van der Waals surface area (Å²) >= 11 is 5.77. The van der Waals surface area contributed by atoms with E-state index in [1.807, 2.05) is 6.07 Å². The average Bonchev–Trinajstić information content (AvgIpc) is 2.42. The molecule has 3 N–H and O–H groups in total. The Morgan fingerprint density at radius 1 is 1.45 bits per heavy atom. The Morgan fingerprint density at radius 3 is 3.05 bits per heavy atom. The van der Waals surface area contributed by atoms with E-state index in [4.69, 9.17) is 17.3 Å². The van der Waals surface area contributed by atoms with Crippen molar-refractivity contribution in [3.63, 3.8) is 0 Å². The third-order valence-corrected chi connectivity index (χ3v) is 3.58. The maximum absolute atomic E-state index is 11.9. The second kappa shape index (κ2) is 5.22. The van der Waals surface area contributed by atoms with Gasteiger partial charge in [0.1, 0.15) is 5.15 Å². The first-order valence-corrected chi connectivity index (χ1v) is 6.70. The van der Waals surface area contributed by atoms with Crippen molar-refractivity contribution < 1.29 is 0 Å². The topological polar surface area (TPSA) is 87.9 Å². The predicted molar refractivity (Wildman–Crippen MR) is 76.3 cm³/mol. The molecule has 1 aliphatic heterocycles. The summed E-state index contributed by atoms with van der Waals surface area (Å²) in [5.41, 5.74) is 7.98. The maximum Gasteiger partial charge on any atom is 0.257 e. The van der Waals surface area contributed by atoms with Crippen molar-refractivity contribution in [1.82, 2.24) is 19.9 Å². The molecule has 0 saturated carbocycles. The van der Waals surface area contributed by atoms with Gasteiger partial charge in [0.05, 0.1) is 11.3 Å². The Morgan fingerprint density at radius 2 is 2.30 bits per heavy atom. The van der Waals surface area contributed by atoms with Crippen LogP contribution in [0, 0.1) is 0 Å². The molecule has 2 aromatic heterocycles. The molecular weight excluding hydrogens is 278 g/mol. The first-order chi connectivity index (χ1) is 9.61. The first kappa shape index (κ1) is 13.1. The van der Waals surface area contributed by atoms with Crippen molar-refractivity contribution in [2.24, 2.45) is 0 Å². The molecule has 6 nitrogen and oxygen atoms in total. The molecule has 2 aromatic rings. The SMILES string of the molecule is Nc1nc2c(c(=O)[nH]1)CN(Cc1ccc(Cl)nc1)CC2. The van der Waals surface area contributed by atoms with Crippen LogP contribution in [0.25, 0.3) is 0 Å². The third-order valence-electron chi connectivity index (χ3n) is 3.36. The molecule has 7 heteroatoms. The number of hydrogen-bond donors (Lipinski definition) is 2. The molecule has 0 amide bonds. The van der Waals surface area contributed by atoms with Crippen LogP contribution in [0.15, 0.2) is 23.1 Å². The van der Waals surface area contributed by atoms with E-state index in [1.165, 1.54) is 0 Å². The summed E-state index contributed by atoms with van der Waals surface area (Å²) in [4.78, 5) is 24.9. The molecule has 0 unspecified atom stereocenters. The summed E-state index contributed by atoms with van der Waals surface area (Å²) in [6.45, 7) is 2.14. The second-order valence-corrected chi connectivity index (χ2v) is 5.21. The zero-order chi connectivity index (χ0) is 14.1. The number of rotatable bonds is 2. The molecule has 3 rings (SSSR count). The number of nitrogens with zero attached hydrogens (tertiary/aromatic N) is 3. The minimum atomic E-state index is -0.147. The largest absolute Gasteiger partial charge is 0.369 e. The van der Waals surface area contributed by atoms with Crippen LogP contribution in [0.3, 0.4) is 0 Å². The second-order valence-electron chi connectivity index (χ2n) is 4.83. The van der Waals surface area contributed by atoms with E-state index < -0.39 is 0 Å². The number of aromatic amines is 1. The molecular formula is C13H14ClN5O. The Balaban J connectivity index is 1.79. The highest BCUT2D eigenvalue weighted by Gasteiger charge is 2.20. The lowest BCUT2D eigenvalue weighted by Crippen LogP contribution is -2.35. The fourth-order valence-corrected chi connectivity index (χ4v) is 2.51. The van der Waals surface area contributed by atoms with E-state index >= 15 is 0 Å². The Labute approximate surface area is 120 Å². The highest BCUT2D eigenvalue weighted by atomic mass is 35.5. The Hall–Kier alpha value is -1.92. The molecule has 3 heterocycles. The van der Waals surface area contributed by atoms with E-state index in [2.05, 4.69) is 19.9 Å². The smallest absolute Gasteiger partial charge is 0.257 e. The predicted octanol–water partition coefficient (Wildman–Crippen LogP) is 0.959. The van der Waals surface area contributed by atoms with E-state index in [-0.39, 0.29) is 11.5 Å². The van der Waals surface area contributed by atoms with Gasteiger partial charge in [-0.2, -0.15) is 0 Å². The van der Waals surface area contributed by atoms with Gasteiger partial charge < -0.3 is 5.73 Å². The number of nitrogen functional groups attached to an aromatic ring is 1. The minimum absolute atomic E-state index is 0.147. The van der Waals surface area contributed by atoms with Crippen molar-refractivity contribution in [2.75, 3.05) is 12.3 Å². The van der Waals surface area contributed by atoms with Gasteiger partial charge in [-0.15, -0.1) is 0 Å². The van der Waals surface area contributed by atoms with Crippen LogP contribution >= 0.6 is 11.6 Å². The fourth-order valence-electron chi connectivity index (χ4n) is 2.39. The van der Waals surface area contributed by atoms with E-state index in [0.717, 1.165) is 30.8 Å². The van der Waals surface area contributed by atoms with E-state index in [0.29, 0.717) is 17.3 Å². The molecule has 20 heavy (non-hydrogen) atoms. The highest BCUT2D eigenvalue weighted by molar-refractivity contribution is 6.29. The normalized spacial score (nSPS) is 15.1. The van der Waals surface area contributed by atoms with Gasteiger partial charge in [0.2, 0.25) is 5.95 Å². The van der Waals surface area contributed by atoms with Crippen LogP contribution in [0.1, 0.15) is 16.8 Å². The number of fused-ring (bicyclic) bond motifs is 1. The lowest BCUT2D eigenvalue weighted by molar-refractivity contribution is 0.241. The number of H-pyrrole nitrogens is 1. The van der Waals surface area contributed by atoms with Gasteiger partial charge in [-0.25, -0.2) is 9.97 Å². The van der Waals surface area contributed by atoms with Crippen molar-refractivity contribution in [2.45, 2.75) is 19.5 Å². The molecule has 0 aromatic carbocycles. The van der Waals surface area contributed by atoms with Crippen molar-refractivity contribution in [3.05, 3.63) is 50.7 Å². The number of anilines is 1. The van der Waals surface area contributed by atoms with Crippen LogP contribution < -0.4 is 11.3 Å². The zero-order valence-corrected chi connectivity index (χ0v) is 11.5. The summed E-state index contributed by atoms with van der Waals surface area (Å²) in [7, 11) is 0. The lowest BCUT2D eigenvalue weighted by Gasteiger charge is -2.27. The molecule has 1 aliphatic rings. The molecule has 0 atom stereocenters. The summed E-state index contributed by atoms with van der Waals surface area (Å²) in [5, 5.41) is 0.480. The minimum Gasteiger partial charge on any atom is -0.369 e. The summed E-state index contributed by atoms with van der Waals surface area (Å²) in [6.07, 6.45) is 2.48. The average molecular weight is 292 g/mol. The van der Waals surface area contributed by atoms with Gasteiger partial charge in [0.25, 0.3) is 5.56 Å². The molecule has 0 radical (unpaired) electrons. The van der Waals surface area contributed by atoms with Gasteiger partial charge in [0.15, 0.2) is 0 Å². The van der Waals surface area contributed by atoms with Crippen molar-refractivity contribution in [3.8, 4) is 0 Å². The lowest BCUT2D eigenvalue weighted by atomic mass is 10.1. The van der Waals surface area contributed by atoms with Crippen LogP contribution in [-0.4, -0.2) is 26.4 Å². The molecule has 0 saturated heterocycles. The quantitative estimate of drug-likeness (QED) is 0.805. The van der Waals surface area contributed by atoms with E-state index in [1.54, 1.807) is 12.3 Å². The van der Waals surface area contributed by atoms with Crippen LogP contribution in [-0.2, 0) is 19.5 Å². The van der Waals surface area contributed by atoms with Gasteiger partial charge in [0, 0.05) is 32.3 Å². The molecule has 0 fully saturated rings. The van der Waals surface area contributed by atoms with Crippen LogP contribution in [0.2, 0.25) is 5.15 Å². The zero-order valence-electron chi connectivity index (χ0n) is 10.8. The van der Waals surface area contributed by atoms with Gasteiger partial charge in [-0.3, -0.25) is 14.7 Å². The highest BCUT2D eigenvalue weighted by Crippen LogP contribution is 2.17. The number of hydrogen-bond acceptors (Lipinski definition) is 5. The van der Waals surface area contributed by atoms with E-state index in [9.17, 15) is 4.79 Å². The summed E-state index contributed by atoms with van der Waals surface area (Å²) in [5.74, 6) is 0.184. The summed E-state index contributed by atoms with van der Waals surface area (Å²) in [6, 6.07) is 3.71. The number of pyridine rings is 1. The van der Waals surface area contributed by atoms with Gasteiger partial charge in [-0.1, -0.05) is 17.7 Å². The van der Waals surface area contributed by atoms with Crippen molar-refractivity contribution in [1.29, 1.82) is 0 Å². The summed E-state index contributed by atoms with van der Waals surface area (Å²) < 4.78 is 0. The number of nitrogens with one attached hydrogen (secondary N) is 1. The number of nitrogens with two attached hydrogens (primary N) is 1. The Kier molecular flexibility index (Phi) is 3.42. The van der Waals surface area contributed by atoms with Crippen LogP contribution in [0.5, 0.6) is 0 Å². The number of halogens is 1. The number of aromatic nitrogens is 3.